The molecule has 0 spiro atoms. The summed E-state index contributed by atoms with van der Waals surface area (Å²) in [4.78, 5) is 0. The summed E-state index contributed by atoms with van der Waals surface area (Å²) in [5, 5.41) is 0. The quantitative estimate of drug-likeness (QED) is 0.356. The van der Waals surface area contributed by atoms with Crippen molar-refractivity contribution in [2.45, 2.75) is 33.1 Å². The summed E-state index contributed by atoms with van der Waals surface area (Å²) in [5.74, 6) is -1.86. The number of hydrogen-bond acceptors (Lipinski definition) is 0. The minimum absolute atomic E-state index is 0.0662. The van der Waals surface area contributed by atoms with Crippen LogP contribution in [0, 0.1) is 17.6 Å². The molecule has 3 aromatic rings. The van der Waals surface area contributed by atoms with Gasteiger partial charge < -0.3 is 0 Å². The van der Waals surface area contributed by atoms with Gasteiger partial charge in [0.2, 0.25) is 0 Å². The molecule has 0 N–H and O–H groups in total. The van der Waals surface area contributed by atoms with Gasteiger partial charge in [0, 0.05) is 17.0 Å². The highest BCUT2D eigenvalue weighted by atomic mass is 19.2. The van der Waals surface area contributed by atoms with Crippen LogP contribution >= 0.6 is 0 Å². The first-order valence-corrected chi connectivity index (χ1v) is 11.4. The van der Waals surface area contributed by atoms with Crippen molar-refractivity contribution in [3.63, 3.8) is 0 Å². The summed E-state index contributed by atoms with van der Waals surface area (Å²) in [6, 6.07) is 18.1. The molecule has 1 unspecified atom stereocenters. The van der Waals surface area contributed by atoms with Crippen molar-refractivity contribution >= 4 is 6.08 Å². The SMILES string of the molecule is CCCc1ccc(-c2ccc(-c3ccc(/C=C/C4=CCC(C)C(F)=C4)cc3)c(F)c2F)cc1. The van der Waals surface area contributed by atoms with Gasteiger partial charge in [-0.25, -0.2) is 13.2 Å². The smallest absolute Gasteiger partial charge is 0.167 e. The second kappa shape index (κ2) is 10.1. The van der Waals surface area contributed by atoms with Gasteiger partial charge in [-0.05, 0) is 46.7 Å². The van der Waals surface area contributed by atoms with Gasteiger partial charge in [0.1, 0.15) is 5.83 Å². The van der Waals surface area contributed by atoms with Crippen LogP contribution in [-0.2, 0) is 6.42 Å². The van der Waals surface area contributed by atoms with E-state index in [1.165, 1.54) is 5.56 Å². The fraction of sp³-hybridized carbons (Fsp3) is 0.200. The molecule has 3 aromatic carbocycles. The van der Waals surface area contributed by atoms with Crippen molar-refractivity contribution < 1.29 is 13.2 Å². The maximum absolute atomic E-state index is 15.0. The van der Waals surface area contributed by atoms with Gasteiger partial charge in [-0.3, -0.25) is 0 Å². The second-order valence-electron chi connectivity index (χ2n) is 8.56. The molecular formula is C30H27F3. The van der Waals surface area contributed by atoms with Gasteiger partial charge in [0.05, 0.1) is 0 Å². The van der Waals surface area contributed by atoms with Crippen molar-refractivity contribution in [2.75, 3.05) is 0 Å². The maximum atomic E-state index is 15.0. The van der Waals surface area contributed by atoms with Crippen LogP contribution in [0.15, 0.2) is 90.3 Å². The van der Waals surface area contributed by atoms with E-state index >= 15 is 0 Å². The highest BCUT2D eigenvalue weighted by molar-refractivity contribution is 5.72. The van der Waals surface area contributed by atoms with Crippen LogP contribution in [0.3, 0.4) is 0 Å². The van der Waals surface area contributed by atoms with Gasteiger partial charge in [-0.1, -0.05) is 99.2 Å². The molecular weight excluding hydrogens is 417 g/mol. The monoisotopic (exact) mass is 444 g/mol. The van der Waals surface area contributed by atoms with Gasteiger partial charge in [0.25, 0.3) is 0 Å². The van der Waals surface area contributed by atoms with Crippen LogP contribution in [0.1, 0.15) is 37.8 Å². The number of rotatable bonds is 6. The number of hydrogen-bond donors (Lipinski definition) is 0. The number of halogens is 3. The first-order valence-electron chi connectivity index (χ1n) is 11.4. The van der Waals surface area contributed by atoms with E-state index in [2.05, 4.69) is 6.92 Å². The summed E-state index contributed by atoms with van der Waals surface area (Å²) in [6.45, 7) is 3.97. The summed E-state index contributed by atoms with van der Waals surface area (Å²) in [7, 11) is 0. The van der Waals surface area contributed by atoms with Crippen LogP contribution in [0.5, 0.6) is 0 Å². The lowest BCUT2D eigenvalue weighted by Gasteiger charge is -2.12. The molecule has 0 heterocycles. The third-order valence-corrected chi connectivity index (χ3v) is 6.06. The summed E-state index contributed by atoms with van der Waals surface area (Å²) in [6.07, 6.45) is 10.00. The Morgan fingerprint density at radius 1 is 0.788 bits per heavy atom. The van der Waals surface area contributed by atoms with E-state index in [1.807, 2.05) is 61.5 Å². The molecule has 0 radical (unpaired) electrons. The highest BCUT2D eigenvalue weighted by Crippen LogP contribution is 2.32. The Hall–Kier alpha value is -3.33. The molecule has 4 rings (SSSR count). The van der Waals surface area contributed by atoms with E-state index in [0.717, 1.165) is 24.0 Å². The number of allylic oxidation sites excluding steroid dienone is 5. The molecule has 0 saturated heterocycles. The lowest BCUT2D eigenvalue weighted by Crippen LogP contribution is -1.98. The molecule has 0 amide bonds. The van der Waals surface area contributed by atoms with E-state index in [0.29, 0.717) is 17.5 Å². The van der Waals surface area contributed by atoms with Crippen molar-refractivity contribution in [3.8, 4) is 22.3 Å². The van der Waals surface area contributed by atoms with E-state index in [4.69, 9.17) is 0 Å². The molecule has 1 atom stereocenters. The number of benzene rings is 3. The van der Waals surface area contributed by atoms with Crippen LogP contribution < -0.4 is 0 Å². The molecule has 0 fully saturated rings. The van der Waals surface area contributed by atoms with Crippen molar-refractivity contribution in [1.82, 2.24) is 0 Å². The Labute approximate surface area is 193 Å². The topological polar surface area (TPSA) is 0 Å². The Balaban J connectivity index is 1.53. The zero-order chi connectivity index (χ0) is 23.4. The molecule has 0 aliphatic heterocycles. The molecule has 3 heteroatoms. The average molecular weight is 445 g/mol. The molecule has 33 heavy (non-hydrogen) atoms. The Morgan fingerprint density at radius 3 is 1.91 bits per heavy atom. The molecule has 0 nitrogen and oxygen atoms in total. The minimum Gasteiger partial charge on any atom is -0.212 e. The minimum atomic E-state index is -0.851. The van der Waals surface area contributed by atoms with Gasteiger partial charge in [0.15, 0.2) is 11.6 Å². The number of aryl methyl sites for hydroxylation is 1. The molecule has 0 aromatic heterocycles. The Kier molecular flexibility index (Phi) is 6.98. The van der Waals surface area contributed by atoms with Crippen molar-refractivity contribution in [1.29, 1.82) is 0 Å². The van der Waals surface area contributed by atoms with Gasteiger partial charge >= 0.3 is 0 Å². The molecule has 1 aliphatic rings. The predicted octanol–water partition coefficient (Wildman–Crippen LogP) is 9.08. The standard InChI is InChI=1S/C30H27F3/c1-3-4-21-9-13-24(14-10-21)26-17-18-27(30(33)29(26)32)25-15-11-22(12-16-25)7-8-23-6-5-20(2)28(31)19-23/h6-20H,3-5H2,1-2H3/b8-7+. The molecule has 0 saturated carbocycles. The van der Waals surface area contributed by atoms with Gasteiger partial charge in [-0.2, -0.15) is 0 Å². The van der Waals surface area contributed by atoms with Crippen LogP contribution in [0.25, 0.3) is 28.3 Å². The molecule has 1 aliphatic carbocycles. The Morgan fingerprint density at radius 2 is 1.36 bits per heavy atom. The fourth-order valence-corrected chi connectivity index (χ4v) is 4.00. The van der Waals surface area contributed by atoms with Crippen LogP contribution in [-0.4, -0.2) is 0 Å². The lowest BCUT2D eigenvalue weighted by molar-refractivity contribution is 0.489. The predicted molar refractivity (Wildman–Crippen MR) is 131 cm³/mol. The van der Waals surface area contributed by atoms with Crippen molar-refractivity contribution in [3.05, 3.63) is 113 Å². The van der Waals surface area contributed by atoms with Gasteiger partial charge in [-0.15, -0.1) is 0 Å². The third kappa shape index (κ3) is 5.19. The van der Waals surface area contributed by atoms with Crippen molar-refractivity contribution in [2.24, 2.45) is 5.92 Å². The normalized spacial score (nSPS) is 16.1. The van der Waals surface area contributed by atoms with Crippen LogP contribution in [0.2, 0.25) is 0 Å². The fourth-order valence-electron chi connectivity index (χ4n) is 4.00. The third-order valence-electron chi connectivity index (χ3n) is 6.06. The zero-order valence-corrected chi connectivity index (χ0v) is 18.9. The first kappa shape index (κ1) is 22.8. The highest BCUT2D eigenvalue weighted by Gasteiger charge is 2.16. The van der Waals surface area contributed by atoms with E-state index < -0.39 is 11.6 Å². The molecule has 168 valence electrons. The van der Waals surface area contributed by atoms with E-state index in [9.17, 15) is 13.2 Å². The second-order valence-corrected chi connectivity index (χ2v) is 8.56. The van der Waals surface area contributed by atoms with E-state index in [1.54, 1.807) is 30.3 Å². The first-order chi connectivity index (χ1) is 16.0. The average Bonchev–Trinajstić information content (AvgIpc) is 2.83. The van der Waals surface area contributed by atoms with E-state index in [-0.39, 0.29) is 22.9 Å². The zero-order valence-electron chi connectivity index (χ0n) is 18.9. The largest absolute Gasteiger partial charge is 0.212 e. The molecule has 0 bridgehead atoms. The lowest BCUT2D eigenvalue weighted by atomic mass is 9.96. The summed E-state index contributed by atoms with van der Waals surface area (Å²) < 4.78 is 43.6. The summed E-state index contributed by atoms with van der Waals surface area (Å²) in [5.41, 5.74) is 4.67. The Bertz CT molecular complexity index is 1210. The summed E-state index contributed by atoms with van der Waals surface area (Å²) >= 11 is 0. The maximum Gasteiger partial charge on any atom is 0.167 e. The van der Waals surface area contributed by atoms with Crippen LogP contribution in [0.4, 0.5) is 13.2 Å².